The van der Waals surface area contributed by atoms with Gasteiger partial charge in [-0.05, 0) is 36.1 Å². The van der Waals surface area contributed by atoms with E-state index in [1.807, 2.05) is 52.3 Å². The van der Waals surface area contributed by atoms with Crippen LogP contribution in [0, 0.1) is 5.92 Å². The first-order chi connectivity index (χ1) is 12.6. The van der Waals surface area contributed by atoms with Gasteiger partial charge in [-0.25, -0.2) is 0 Å². The minimum atomic E-state index is 0. The molecule has 0 saturated carbocycles. The molecular formula is C21H26ClN3O2. The second kappa shape index (κ2) is 8.28. The van der Waals surface area contributed by atoms with Crippen LogP contribution in [0.15, 0.2) is 42.5 Å². The number of fused-ring (bicyclic) bond motifs is 1. The zero-order valence-corrected chi connectivity index (χ0v) is 16.2. The Hall–Kier alpha value is -2.11. The maximum atomic E-state index is 13.0. The molecule has 1 atom stereocenters. The summed E-state index contributed by atoms with van der Waals surface area (Å²) in [5, 5.41) is 2.07. The van der Waals surface area contributed by atoms with Crippen LogP contribution in [0.5, 0.6) is 0 Å². The molecule has 144 valence electrons. The fourth-order valence-corrected chi connectivity index (χ4v) is 4.16. The summed E-state index contributed by atoms with van der Waals surface area (Å²) in [6.07, 6.45) is 2.37. The maximum Gasteiger partial charge on any atom is 0.254 e. The van der Waals surface area contributed by atoms with Gasteiger partial charge in [0, 0.05) is 43.7 Å². The molecule has 2 saturated heterocycles. The Bertz CT molecular complexity index is 828. The van der Waals surface area contributed by atoms with E-state index in [1.165, 1.54) is 0 Å². The molecule has 0 aromatic heterocycles. The van der Waals surface area contributed by atoms with E-state index in [9.17, 15) is 9.59 Å². The van der Waals surface area contributed by atoms with E-state index in [4.69, 9.17) is 5.73 Å². The second-order valence-corrected chi connectivity index (χ2v) is 7.43. The van der Waals surface area contributed by atoms with Gasteiger partial charge in [0.05, 0.1) is 0 Å². The lowest BCUT2D eigenvalue weighted by atomic mass is 9.94. The molecule has 2 amide bonds. The van der Waals surface area contributed by atoms with E-state index in [2.05, 4.69) is 0 Å². The van der Waals surface area contributed by atoms with Crippen molar-refractivity contribution in [2.24, 2.45) is 11.7 Å². The predicted molar refractivity (Wildman–Crippen MR) is 109 cm³/mol. The van der Waals surface area contributed by atoms with Gasteiger partial charge < -0.3 is 15.5 Å². The van der Waals surface area contributed by atoms with E-state index < -0.39 is 0 Å². The smallest absolute Gasteiger partial charge is 0.254 e. The monoisotopic (exact) mass is 387 g/mol. The van der Waals surface area contributed by atoms with Crippen molar-refractivity contribution in [2.45, 2.75) is 25.3 Å². The third-order valence-corrected chi connectivity index (χ3v) is 5.69. The lowest BCUT2D eigenvalue weighted by Crippen LogP contribution is -2.44. The first-order valence-corrected chi connectivity index (χ1v) is 9.45. The maximum absolute atomic E-state index is 13.0. The van der Waals surface area contributed by atoms with E-state index in [-0.39, 0.29) is 36.2 Å². The zero-order chi connectivity index (χ0) is 18.1. The number of nitrogens with two attached hydrogens (primary N) is 1. The number of likely N-dealkylation sites (tertiary alicyclic amines) is 2. The van der Waals surface area contributed by atoms with Crippen LogP contribution in [-0.2, 0) is 4.79 Å². The van der Waals surface area contributed by atoms with Gasteiger partial charge in [-0.3, -0.25) is 9.59 Å². The Morgan fingerprint density at radius 3 is 2.26 bits per heavy atom. The number of hydrogen-bond donors (Lipinski definition) is 1. The third kappa shape index (κ3) is 3.94. The highest BCUT2D eigenvalue weighted by molar-refractivity contribution is 6.07. The summed E-state index contributed by atoms with van der Waals surface area (Å²) < 4.78 is 0. The highest BCUT2D eigenvalue weighted by atomic mass is 35.5. The highest BCUT2D eigenvalue weighted by Gasteiger charge is 2.33. The zero-order valence-electron chi connectivity index (χ0n) is 15.3. The van der Waals surface area contributed by atoms with Crippen LogP contribution in [-0.4, -0.2) is 53.8 Å². The molecule has 2 fully saturated rings. The predicted octanol–water partition coefficient (Wildman–Crippen LogP) is 2.67. The van der Waals surface area contributed by atoms with Crippen LogP contribution >= 0.6 is 12.4 Å². The van der Waals surface area contributed by atoms with Gasteiger partial charge in [-0.2, -0.15) is 0 Å². The third-order valence-electron chi connectivity index (χ3n) is 5.69. The van der Waals surface area contributed by atoms with Gasteiger partial charge in [0.15, 0.2) is 0 Å². The van der Waals surface area contributed by atoms with Crippen molar-refractivity contribution in [3.8, 4) is 0 Å². The van der Waals surface area contributed by atoms with E-state index in [1.54, 1.807) is 0 Å². The number of carbonyl (C=O) groups is 2. The summed E-state index contributed by atoms with van der Waals surface area (Å²) in [5.74, 6) is 0.308. The Morgan fingerprint density at radius 1 is 0.889 bits per heavy atom. The number of rotatable bonds is 2. The van der Waals surface area contributed by atoms with Crippen LogP contribution in [0.25, 0.3) is 10.8 Å². The van der Waals surface area contributed by atoms with Crippen molar-refractivity contribution in [1.82, 2.24) is 9.80 Å². The molecule has 27 heavy (non-hydrogen) atoms. The first kappa shape index (κ1) is 19.6. The molecule has 0 bridgehead atoms. The van der Waals surface area contributed by atoms with Crippen LogP contribution in [0.2, 0.25) is 0 Å². The molecule has 0 spiro atoms. The Balaban J connectivity index is 0.00000210. The summed E-state index contributed by atoms with van der Waals surface area (Å²) in [7, 11) is 0. The molecule has 6 heteroatoms. The molecule has 2 aliphatic heterocycles. The van der Waals surface area contributed by atoms with E-state index >= 15 is 0 Å². The topological polar surface area (TPSA) is 66.6 Å². The SMILES string of the molecule is Cl.N[C@@H]1CCN(C(=O)C2CCN(C(=O)c3cccc4ccccc34)CC2)C1. The summed E-state index contributed by atoms with van der Waals surface area (Å²) >= 11 is 0. The molecular weight excluding hydrogens is 362 g/mol. The molecule has 2 aliphatic rings. The van der Waals surface area contributed by atoms with Crippen LogP contribution in [0.1, 0.15) is 29.6 Å². The molecule has 0 aliphatic carbocycles. The standard InChI is InChI=1S/C21H25N3O2.ClH/c22-17-10-13-24(14-17)20(25)16-8-11-23(12-9-16)21(26)19-7-3-5-15-4-1-2-6-18(15)19;/h1-7,16-17H,8-14,22H2;1H/t17-;/m1./s1. The number of piperidine rings is 1. The summed E-state index contributed by atoms with van der Waals surface area (Å²) in [4.78, 5) is 29.4. The highest BCUT2D eigenvalue weighted by Crippen LogP contribution is 2.25. The largest absolute Gasteiger partial charge is 0.341 e. The normalized spacial score (nSPS) is 20.6. The minimum Gasteiger partial charge on any atom is -0.341 e. The molecule has 2 heterocycles. The molecule has 2 N–H and O–H groups in total. The van der Waals surface area contributed by atoms with Crippen LogP contribution in [0.3, 0.4) is 0 Å². The average molecular weight is 388 g/mol. The van der Waals surface area contributed by atoms with Crippen LogP contribution in [0.4, 0.5) is 0 Å². The van der Waals surface area contributed by atoms with Crippen molar-refractivity contribution in [3.63, 3.8) is 0 Å². The number of nitrogens with zero attached hydrogens (tertiary/aromatic N) is 2. The van der Waals surface area contributed by atoms with Gasteiger partial charge in [-0.1, -0.05) is 36.4 Å². The Kier molecular flexibility index (Phi) is 6.02. The lowest BCUT2D eigenvalue weighted by molar-refractivity contribution is -0.135. The molecule has 2 aromatic rings. The van der Waals surface area contributed by atoms with Crippen LogP contribution < -0.4 is 5.73 Å². The average Bonchev–Trinajstić information content (AvgIpc) is 3.13. The summed E-state index contributed by atoms with van der Waals surface area (Å²) in [5.41, 5.74) is 6.67. The van der Waals surface area contributed by atoms with Gasteiger partial charge in [0.2, 0.25) is 5.91 Å². The van der Waals surface area contributed by atoms with Gasteiger partial charge in [-0.15, -0.1) is 12.4 Å². The Labute approximate surface area is 165 Å². The second-order valence-electron chi connectivity index (χ2n) is 7.43. The lowest BCUT2D eigenvalue weighted by Gasteiger charge is -2.33. The van der Waals surface area contributed by atoms with E-state index in [0.717, 1.165) is 42.1 Å². The number of amides is 2. The van der Waals surface area contributed by atoms with Gasteiger partial charge in [0.1, 0.15) is 0 Å². The number of carbonyl (C=O) groups excluding carboxylic acids is 2. The number of benzene rings is 2. The quantitative estimate of drug-likeness (QED) is 0.861. The summed E-state index contributed by atoms with van der Waals surface area (Å²) in [6.45, 7) is 2.72. The molecule has 0 radical (unpaired) electrons. The number of hydrogen-bond acceptors (Lipinski definition) is 3. The minimum absolute atomic E-state index is 0. The fraction of sp³-hybridized carbons (Fsp3) is 0.429. The van der Waals surface area contributed by atoms with Crippen molar-refractivity contribution >= 4 is 35.0 Å². The molecule has 2 aromatic carbocycles. The molecule has 0 unspecified atom stereocenters. The Morgan fingerprint density at radius 2 is 1.56 bits per heavy atom. The molecule has 4 rings (SSSR count). The molecule has 5 nitrogen and oxygen atoms in total. The fourth-order valence-electron chi connectivity index (χ4n) is 4.16. The first-order valence-electron chi connectivity index (χ1n) is 9.45. The number of halogens is 1. The van der Waals surface area contributed by atoms with Crippen molar-refractivity contribution in [1.29, 1.82) is 0 Å². The van der Waals surface area contributed by atoms with Crippen molar-refractivity contribution in [2.75, 3.05) is 26.2 Å². The van der Waals surface area contributed by atoms with E-state index in [0.29, 0.717) is 19.6 Å². The van der Waals surface area contributed by atoms with Gasteiger partial charge >= 0.3 is 0 Å². The summed E-state index contributed by atoms with van der Waals surface area (Å²) in [6, 6.07) is 13.9. The van der Waals surface area contributed by atoms with Crippen molar-refractivity contribution in [3.05, 3.63) is 48.0 Å². The van der Waals surface area contributed by atoms with Crippen molar-refractivity contribution < 1.29 is 9.59 Å². The van der Waals surface area contributed by atoms with Gasteiger partial charge in [0.25, 0.3) is 5.91 Å².